The van der Waals surface area contributed by atoms with E-state index in [0.717, 1.165) is 36.1 Å². The number of benzene rings is 1. The van der Waals surface area contributed by atoms with Gasteiger partial charge in [0.15, 0.2) is 0 Å². The smallest absolute Gasteiger partial charge is 0.127 e. The van der Waals surface area contributed by atoms with Crippen LogP contribution >= 0.6 is 0 Å². The van der Waals surface area contributed by atoms with Crippen LogP contribution in [-0.4, -0.2) is 9.97 Å². The Bertz CT molecular complexity index is 509. The molecular formula is C14H21N3. The van der Waals surface area contributed by atoms with E-state index in [9.17, 15) is 0 Å². The number of nitrogens with one attached hydrogen (secondary N) is 1. The van der Waals surface area contributed by atoms with Crippen molar-refractivity contribution in [1.82, 2.24) is 9.97 Å². The summed E-state index contributed by atoms with van der Waals surface area (Å²) in [6.07, 6.45) is 2.83. The highest BCUT2D eigenvalue weighted by Gasteiger charge is 2.26. The number of H-pyrrole nitrogens is 1. The molecule has 2 aromatic rings. The molecular weight excluding hydrogens is 210 g/mol. The maximum atomic E-state index is 6.36. The number of imidazole rings is 1. The highest BCUT2D eigenvalue weighted by Crippen LogP contribution is 2.25. The molecule has 17 heavy (non-hydrogen) atoms. The van der Waals surface area contributed by atoms with Crippen LogP contribution in [0.3, 0.4) is 0 Å². The molecule has 0 saturated carbocycles. The highest BCUT2D eigenvalue weighted by molar-refractivity contribution is 5.76. The first-order valence-corrected chi connectivity index (χ1v) is 6.41. The third-order valence-corrected chi connectivity index (χ3v) is 3.69. The van der Waals surface area contributed by atoms with Crippen molar-refractivity contribution < 1.29 is 0 Å². The molecule has 0 aliphatic heterocycles. The number of rotatable bonds is 4. The van der Waals surface area contributed by atoms with Gasteiger partial charge in [0.05, 0.1) is 16.6 Å². The molecule has 0 spiro atoms. The second kappa shape index (κ2) is 4.49. The average Bonchev–Trinajstić information content (AvgIpc) is 2.80. The predicted octanol–water partition coefficient (Wildman–Crippen LogP) is 3.10. The van der Waals surface area contributed by atoms with Gasteiger partial charge in [-0.3, -0.25) is 0 Å². The zero-order valence-electron chi connectivity index (χ0n) is 10.9. The normalized spacial score (nSPS) is 12.2. The van der Waals surface area contributed by atoms with Gasteiger partial charge in [-0.2, -0.15) is 0 Å². The van der Waals surface area contributed by atoms with Crippen molar-refractivity contribution in [3.8, 4) is 0 Å². The number of aromatic nitrogens is 2. The molecule has 92 valence electrons. The van der Waals surface area contributed by atoms with Crippen molar-refractivity contribution in [1.29, 1.82) is 0 Å². The number of hydrogen-bond acceptors (Lipinski definition) is 2. The lowest BCUT2D eigenvalue weighted by atomic mass is 9.93. The third-order valence-electron chi connectivity index (χ3n) is 3.69. The second-order valence-corrected chi connectivity index (χ2v) is 4.65. The molecule has 0 unspecified atom stereocenters. The van der Waals surface area contributed by atoms with Gasteiger partial charge in [-0.15, -0.1) is 0 Å². The van der Waals surface area contributed by atoms with Crippen molar-refractivity contribution in [2.24, 2.45) is 5.73 Å². The molecule has 3 heteroatoms. The fourth-order valence-electron chi connectivity index (χ4n) is 2.10. The number of nitrogens with zero attached hydrogens (tertiary/aromatic N) is 1. The van der Waals surface area contributed by atoms with Gasteiger partial charge in [-0.25, -0.2) is 4.98 Å². The van der Waals surface area contributed by atoms with E-state index in [2.05, 4.69) is 48.9 Å². The Labute approximate surface area is 102 Å². The van der Waals surface area contributed by atoms with Gasteiger partial charge in [0.25, 0.3) is 0 Å². The zero-order chi connectivity index (χ0) is 12.5. The molecule has 3 nitrogen and oxygen atoms in total. The Morgan fingerprint density at radius 2 is 1.94 bits per heavy atom. The molecule has 0 fully saturated rings. The van der Waals surface area contributed by atoms with Gasteiger partial charge >= 0.3 is 0 Å². The van der Waals surface area contributed by atoms with E-state index in [1.54, 1.807) is 0 Å². The molecule has 0 bridgehead atoms. The number of nitrogens with two attached hydrogens (primary N) is 1. The minimum absolute atomic E-state index is 0.328. The first kappa shape index (κ1) is 12.1. The second-order valence-electron chi connectivity index (χ2n) is 4.65. The van der Waals surface area contributed by atoms with Crippen LogP contribution in [-0.2, 0) is 12.0 Å². The van der Waals surface area contributed by atoms with E-state index >= 15 is 0 Å². The Hall–Kier alpha value is -1.35. The largest absolute Gasteiger partial charge is 0.340 e. The number of hydrogen-bond donors (Lipinski definition) is 2. The summed E-state index contributed by atoms with van der Waals surface area (Å²) in [6.45, 7) is 6.37. The van der Waals surface area contributed by atoms with Crippen molar-refractivity contribution in [3.05, 3.63) is 29.6 Å². The third kappa shape index (κ3) is 2.07. The minimum Gasteiger partial charge on any atom is -0.340 e. The van der Waals surface area contributed by atoms with Crippen LogP contribution in [0.5, 0.6) is 0 Å². The number of aryl methyl sites for hydroxylation is 1. The Morgan fingerprint density at radius 1 is 1.24 bits per heavy atom. The lowest BCUT2D eigenvalue weighted by Crippen LogP contribution is -2.36. The summed E-state index contributed by atoms with van der Waals surface area (Å²) in [6, 6.07) is 6.36. The van der Waals surface area contributed by atoms with Crippen molar-refractivity contribution in [2.75, 3.05) is 0 Å². The Kier molecular flexibility index (Phi) is 3.20. The summed E-state index contributed by atoms with van der Waals surface area (Å²) >= 11 is 0. The summed E-state index contributed by atoms with van der Waals surface area (Å²) < 4.78 is 0. The predicted molar refractivity (Wildman–Crippen MR) is 71.9 cm³/mol. The molecule has 0 atom stereocenters. The summed E-state index contributed by atoms with van der Waals surface area (Å²) in [5.41, 5.74) is 9.45. The van der Waals surface area contributed by atoms with Crippen LogP contribution in [0.1, 0.15) is 45.0 Å². The molecule has 1 aromatic carbocycles. The van der Waals surface area contributed by atoms with Crippen molar-refractivity contribution >= 4 is 11.0 Å². The number of fused-ring (bicyclic) bond motifs is 1. The molecule has 0 aliphatic rings. The minimum atomic E-state index is -0.328. The summed E-state index contributed by atoms with van der Waals surface area (Å²) in [5.74, 6) is 0.908. The van der Waals surface area contributed by atoms with Crippen LogP contribution in [0.2, 0.25) is 0 Å². The zero-order valence-corrected chi connectivity index (χ0v) is 10.9. The average molecular weight is 231 g/mol. The molecule has 0 amide bonds. The molecule has 0 radical (unpaired) electrons. The SMILES string of the molecule is CCc1ccc2nc(C(N)(CC)CC)[nH]c2c1. The summed E-state index contributed by atoms with van der Waals surface area (Å²) in [4.78, 5) is 8.00. The van der Waals surface area contributed by atoms with Crippen LogP contribution in [0.15, 0.2) is 18.2 Å². The van der Waals surface area contributed by atoms with Gasteiger partial charge in [0.2, 0.25) is 0 Å². The first-order chi connectivity index (χ1) is 8.12. The van der Waals surface area contributed by atoms with Crippen molar-refractivity contribution in [3.63, 3.8) is 0 Å². The van der Waals surface area contributed by atoms with Crippen LogP contribution in [0.25, 0.3) is 11.0 Å². The fraction of sp³-hybridized carbons (Fsp3) is 0.500. The van der Waals surface area contributed by atoms with Crippen LogP contribution in [0.4, 0.5) is 0 Å². The first-order valence-electron chi connectivity index (χ1n) is 6.41. The van der Waals surface area contributed by atoms with E-state index in [4.69, 9.17) is 5.73 Å². The highest BCUT2D eigenvalue weighted by atomic mass is 15.0. The molecule has 0 saturated heterocycles. The number of aromatic amines is 1. The monoisotopic (exact) mass is 231 g/mol. The topological polar surface area (TPSA) is 54.7 Å². The maximum absolute atomic E-state index is 6.36. The van der Waals surface area contributed by atoms with Gasteiger partial charge < -0.3 is 10.7 Å². The standard InChI is InChI=1S/C14H21N3/c1-4-10-7-8-11-12(9-10)17-13(16-11)14(15,5-2)6-3/h7-9H,4-6,15H2,1-3H3,(H,16,17). The maximum Gasteiger partial charge on any atom is 0.127 e. The van der Waals surface area contributed by atoms with E-state index in [1.807, 2.05) is 0 Å². The van der Waals surface area contributed by atoms with Gasteiger partial charge in [0.1, 0.15) is 5.82 Å². The molecule has 0 aliphatic carbocycles. The fourth-order valence-corrected chi connectivity index (χ4v) is 2.10. The summed E-state index contributed by atoms with van der Waals surface area (Å²) in [5, 5.41) is 0. The van der Waals surface area contributed by atoms with Gasteiger partial charge in [-0.05, 0) is 37.0 Å². The molecule has 1 heterocycles. The lowest BCUT2D eigenvalue weighted by molar-refractivity contribution is 0.392. The van der Waals surface area contributed by atoms with Crippen LogP contribution in [0, 0.1) is 0 Å². The van der Waals surface area contributed by atoms with Crippen LogP contribution < -0.4 is 5.73 Å². The Morgan fingerprint density at radius 3 is 2.53 bits per heavy atom. The summed E-state index contributed by atoms with van der Waals surface area (Å²) in [7, 11) is 0. The molecule has 1 aromatic heterocycles. The van der Waals surface area contributed by atoms with Gasteiger partial charge in [-0.1, -0.05) is 26.8 Å². The molecule has 3 N–H and O–H groups in total. The van der Waals surface area contributed by atoms with E-state index in [0.29, 0.717) is 0 Å². The quantitative estimate of drug-likeness (QED) is 0.849. The molecule has 2 rings (SSSR count). The lowest BCUT2D eigenvalue weighted by Gasteiger charge is -2.23. The van der Waals surface area contributed by atoms with E-state index < -0.39 is 0 Å². The van der Waals surface area contributed by atoms with Crippen molar-refractivity contribution in [2.45, 2.75) is 45.6 Å². The van der Waals surface area contributed by atoms with E-state index in [-0.39, 0.29) is 5.54 Å². The van der Waals surface area contributed by atoms with Gasteiger partial charge in [0, 0.05) is 0 Å². The Balaban J connectivity index is 2.50. The van der Waals surface area contributed by atoms with E-state index in [1.165, 1.54) is 5.56 Å².